The molecule has 4 nitrogen and oxygen atoms in total. The average Bonchev–Trinajstić information content (AvgIpc) is 2.35. The zero-order valence-corrected chi connectivity index (χ0v) is 5.44. The van der Waals surface area contributed by atoms with E-state index in [1.807, 2.05) is 0 Å². The van der Waals surface area contributed by atoms with E-state index >= 15 is 0 Å². The van der Waals surface area contributed by atoms with Gasteiger partial charge in [-0.2, -0.15) is 0 Å². The fraction of sp³-hybridized carbons (Fsp3) is 0.667. The number of fused-ring (bicyclic) bond motifs is 1. The van der Waals surface area contributed by atoms with Crippen molar-refractivity contribution in [2.75, 3.05) is 6.54 Å². The molecule has 2 fully saturated rings. The third-order valence-corrected chi connectivity index (χ3v) is 2.50. The molecule has 2 aliphatic rings. The van der Waals surface area contributed by atoms with Crippen molar-refractivity contribution in [2.24, 2.45) is 5.92 Å². The minimum absolute atomic E-state index is 0.662. The van der Waals surface area contributed by atoms with Crippen molar-refractivity contribution in [2.45, 2.75) is 12.1 Å². The summed E-state index contributed by atoms with van der Waals surface area (Å²) in [6.45, 7) is 1.17. The van der Waals surface area contributed by atoms with Gasteiger partial charge in [0.05, 0.1) is 6.04 Å². The number of nitrogens with one attached hydrogen (secondary N) is 1. The first-order valence-electron chi connectivity index (χ1n) is 3.54. The van der Waals surface area contributed by atoms with Crippen LogP contribution < -0.4 is 5.32 Å². The highest BCUT2D eigenvalue weighted by molar-refractivity contribution is 5.15. The van der Waals surface area contributed by atoms with Crippen LogP contribution in [0.4, 0.5) is 0 Å². The highest BCUT2D eigenvalue weighted by atomic mass is 15.3. The Kier molecular flexibility index (Phi) is 0.677. The highest BCUT2D eigenvalue weighted by Crippen LogP contribution is 2.48. The summed E-state index contributed by atoms with van der Waals surface area (Å²) in [6, 6.07) is 1.39. The van der Waals surface area contributed by atoms with Crippen LogP contribution in [-0.4, -0.2) is 27.4 Å². The van der Waals surface area contributed by atoms with Crippen molar-refractivity contribution >= 4 is 0 Å². The van der Waals surface area contributed by atoms with E-state index in [1.54, 1.807) is 12.7 Å². The van der Waals surface area contributed by atoms with Crippen LogP contribution in [-0.2, 0) is 0 Å². The maximum atomic E-state index is 3.77. The Labute approximate surface area is 58.3 Å². The van der Waals surface area contributed by atoms with Gasteiger partial charge < -0.3 is 9.88 Å². The van der Waals surface area contributed by atoms with Crippen LogP contribution >= 0.6 is 0 Å². The molecule has 1 N–H and O–H groups in total. The van der Waals surface area contributed by atoms with Crippen molar-refractivity contribution in [1.82, 2.24) is 20.1 Å². The highest BCUT2D eigenvalue weighted by Gasteiger charge is 2.57. The maximum Gasteiger partial charge on any atom is 0.119 e. The lowest BCUT2D eigenvalue weighted by Crippen LogP contribution is -2.32. The monoisotopic (exact) mass is 136 g/mol. The quantitative estimate of drug-likeness (QED) is 0.561. The molecule has 10 heavy (non-hydrogen) atoms. The van der Waals surface area contributed by atoms with Gasteiger partial charge in [-0.15, -0.1) is 10.2 Å². The molecule has 1 aliphatic heterocycles. The van der Waals surface area contributed by atoms with Gasteiger partial charge in [0.15, 0.2) is 0 Å². The Balaban J connectivity index is 1.91. The van der Waals surface area contributed by atoms with E-state index in [1.165, 1.54) is 6.54 Å². The molecule has 0 bridgehead atoms. The van der Waals surface area contributed by atoms with E-state index in [2.05, 4.69) is 20.1 Å². The Morgan fingerprint density at radius 2 is 2.10 bits per heavy atom. The van der Waals surface area contributed by atoms with Crippen LogP contribution in [0.3, 0.4) is 0 Å². The lowest BCUT2D eigenvalue weighted by Gasteiger charge is -2.07. The topological polar surface area (TPSA) is 42.7 Å². The van der Waals surface area contributed by atoms with Gasteiger partial charge in [-0.05, 0) is 0 Å². The normalized spacial score (nSPS) is 42.2. The molecule has 1 saturated carbocycles. The molecule has 0 aromatic carbocycles. The van der Waals surface area contributed by atoms with Crippen LogP contribution in [0.1, 0.15) is 6.04 Å². The van der Waals surface area contributed by atoms with E-state index < -0.39 is 0 Å². The van der Waals surface area contributed by atoms with Gasteiger partial charge in [-0.25, -0.2) is 0 Å². The van der Waals surface area contributed by atoms with Crippen molar-refractivity contribution in [1.29, 1.82) is 0 Å². The van der Waals surface area contributed by atoms with E-state index in [4.69, 9.17) is 0 Å². The fourth-order valence-corrected chi connectivity index (χ4v) is 1.76. The first-order chi connectivity index (χ1) is 4.97. The molecule has 3 rings (SSSR count). The molecule has 2 heterocycles. The summed E-state index contributed by atoms with van der Waals surface area (Å²) in [4.78, 5) is 0. The predicted octanol–water partition coefficient (Wildman–Crippen LogP) is -0.579. The van der Waals surface area contributed by atoms with Crippen LogP contribution in [0.15, 0.2) is 12.7 Å². The summed E-state index contributed by atoms with van der Waals surface area (Å²) in [5.74, 6) is 0.871. The van der Waals surface area contributed by atoms with Gasteiger partial charge in [0.2, 0.25) is 0 Å². The number of aromatic nitrogens is 3. The van der Waals surface area contributed by atoms with Gasteiger partial charge in [0.1, 0.15) is 12.7 Å². The van der Waals surface area contributed by atoms with Gasteiger partial charge in [-0.1, -0.05) is 0 Å². The molecule has 0 unspecified atom stereocenters. The number of nitrogens with zero attached hydrogens (tertiary/aromatic N) is 3. The number of rotatable bonds is 1. The Hall–Kier alpha value is -0.900. The minimum atomic E-state index is 0.662. The van der Waals surface area contributed by atoms with Crippen molar-refractivity contribution in [3.05, 3.63) is 12.7 Å². The van der Waals surface area contributed by atoms with Gasteiger partial charge >= 0.3 is 0 Å². The Bertz CT molecular complexity index is 232. The molecule has 0 amide bonds. The standard InChI is InChI=1S/C6H8N4/c1-4-5(7-1)6(4)10-2-8-9-3-10/h2-7H,1H2/t4-,5+,6+/m0/s1. The molecule has 1 aromatic heterocycles. The molecule has 1 aliphatic carbocycles. The molecular weight excluding hydrogens is 128 g/mol. The summed E-state index contributed by atoms with van der Waals surface area (Å²) >= 11 is 0. The van der Waals surface area contributed by atoms with E-state index in [0.29, 0.717) is 6.04 Å². The van der Waals surface area contributed by atoms with Crippen LogP contribution in [0.2, 0.25) is 0 Å². The summed E-state index contributed by atoms with van der Waals surface area (Å²) in [5.41, 5.74) is 0. The fourth-order valence-electron chi connectivity index (χ4n) is 1.76. The summed E-state index contributed by atoms with van der Waals surface area (Å²) in [6.07, 6.45) is 3.59. The summed E-state index contributed by atoms with van der Waals surface area (Å²) in [7, 11) is 0. The molecule has 3 atom stereocenters. The lowest BCUT2D eigenvalue weighted by atomic mass is 10.3. The molecule has 0 spiro atoms. The number of hydrogen-bond donors (Lipinski definition) is 1. The Morgan fingerprint density at radius 1 is 1.40 bits per heavy atom. The zero-order valence-electron chi connectivity index (χ0n) is 5.44. The molecule has 52 valence electrons. The molecule has 0 radical (unpaired) electrons. The van der Waals surface area contributed by atoms with Gasteiger partial charge in [-0.3, -0.25) is 0 Å². The zero-order chi connectivity index (χ0) is 6.55. The Morgan fingerprint density at radius 3 is 2.60 bits per heavy atom. The van der Waals surface area contributed by atoms with E-state index in [-0.39, 0.29) is 0 Å². The van der Waals surface area contributed by atoms with Crippen LogP contribution in [0.5, 0.6) is 0 Å². The minimum Gasteiger partial charge on any atom is -0.315 e. The van der Waals surface area contributed by atoms with Crippen LogP contribution in [0, 0.1) is 5.92 Å². The molecule has 1 aromatic rings. The third-order valence-electron chi connectivity index (χ3n) is 2.50. The van der Waals surface area contributed by atoms with Crippen LogP contribution in [0.25, 0.3) is 0 Å². The SMILES string of the molecule is c1nncn1[C@@H]1[C@H]2CN[C@H]21. The second-order valence-corrected chi connectivity index (χ2v) is 3.00. The summed E-state index contributed by atoms with van der Waals surface area (Å²) in [5, 5.41) is 10.9. The maximum absolute atomic E-state index is 3.77. The second kappa shape index (κ2) is 1.40. The molecule has 4 heteroatoms. The third kappa shape index (κ3) is 0.419. The lowest BCUT2D eigenvalue weighted by molar-refractivity contribution is 0.506. The smallest absolute Gasteiger partial charge is 0.119 e. The number of hydrogen-bond acceptors (Lipinski definition) is 3. The van der Waals surface area contributed by atoms with E-state index in [0.717, 1.165) is 12.0 Å². The first kappa shape index (κ1) is 4.85. The molecule has 1 saturated heterocycles. The second-order valence-electron chi connectivity index (χ2n) is 3.00. The van der Waals surface area contributed by atoms with Crippen molar-refractivity contribution in [3.8, 4) is 0 Å². The van der Waals surface area contributed by atoms with Crippen molar-refractivity contribution in [3.63, 3.8) is 0 Å². The van der Waals surface area contributed by atoms with Gasteiger partial charge in [0.25, 0.3) is 0 Å². The summed E-state index contributed by atoms with van der Waals surface area (Å²) < 4.78 is 2.09. The van der Waals surface area contributed by atoms with E-state index in [9.17, 15) is 0 Å². The first-order valence-corrected chi connectivity index (χ1v) is 3.54. The van der Waals surface area contributed by atoms with Crippen molar-refractivity contribution < 1.29 is 0 Å². The predicted molar refractivity (Wildman–Crippen MR) is 34.3 cm³/mol. The van der Waals surface area contributed by atoms with Gasteiger partial charge in [0, 0.05) is 18.5 Å². The largest absolute Gasteiger partial charge is 0.315 e. The average molecular weight is 136 g/mol. The molecular formula is C6H8N4.